The lowest BCUT2D eigenvalue weighted by Crippen LogP contribution is -2.62. The summed E-state index contributed by atoms with van der Waals surface area (Å²) in [5.74, 6) is 0.704. The molecule has 6 nitrogen and oxygen atoms in total. The van der Waals surface area contributed by atoms with Crippen LogP contribution in [0.3, 0.4) is 0 Å². The molecule has 1 aliphatic carbocycles. The standard InChI is InChI=1S/C18H30N4O2/c1-3-7-19-17-20-11-14(12-21-17)13-22-8-5-18(6-9-22)15(23)10-16(18)24-4-2/h11-12,15-16,23H,3-10,13H2,1-2H3,(H,19,20,21)/t15-,16+/m0/s1. The Balaban J connectivity index is 1.50. The number of hydrogen-bond acceptors (Lipinski definition) is 6. The highest BCUT2D eigenvalue weighted by Gasteiger charge is 2.55. The fraction of sp³-hybridized carbons (Fsp3) is 0.778. The van der Waals surface area contributed by atoms with Gasteiger partial charge in [0, 0.05) is 49.5 Å². The molecular weight excluding hydrogens is 304 g/mol. The Kier molecular flexibility index (Phi) is 5.69. The second-order valence-electron chi connectivity index (χ2n) is 7.05. The fourth-order valence-electron chi connectivity index (χ4n) is 3.97. The molecule has 1 aromatic rings. The molecule has 1 saturated heterocycles. The van der Waals surface area contributed by atoms with Crippen LogP contribution < -0.4 is 5.32 Å². The predicted molar refractivity (Wildman–Crippen MR) is 93.8 cm³/mol. The van der Waals surface area contributed by atoms with Gasteiger partial charge in [0.05, 0.1) is 12.2 Å². The van der Waals surface area contributed by atoms with Gasteiger partial charge in [0.25, 0.3) is 0 Å². The third-order valence-electron chi connectivity index (χ3n) is 5.54. The van der Waals surface area contributed by atoms with Gasteiger partial charge in [-0.2, -0.15) is 0 Å². The lowest BCUT2D eigenvalue weighted by molar-refractivity contribution is -0.209. The monoisotopic (exact) mass is 334 g/mol. The molecule has 0 radical (unpaired) electrons. The van der Waals surface area contributed by atoms with Crippen molar-refractivity contribution in [3.05, 3.63) is 18.0 Å². The number of aromatic nitrogens is 2. The Morgan fingerprint density at radius 1 is 1.29 bits per heavy atom. The Morgan fingerprint density at radius 3 is 2.58 bits per heavy atom. The van der Waals surface area contributed by atoms with Crippen molar-refractivity contribution in [3.63, 3.8) is 0 Å². The lowest BCUT2D eigenvalue weighted by Gasteiger charge is -2.56. The first kappa shape index (κ1) is 17.6. The molecule has 2 N–H and O–H groups in total. The molecular formula is C18H30N4O2. The minimum Gasteiger partial charge on any atom is -0.392 e. The van der Waals surface area contributed by atoms with Crippen LogP contribution in [-0.4, -0.2) is 58.4 Å². The van der Waals surface area contributed by atoms with E-state index < -0.39 is 0 Å². The number of rotatable bonds is 7. The Labute approximate surface area is 144 Å². The molecule has 0 aromatic carbocycles. The Hall–Kier alpha value is -1.24. The van der Waals surface area contributed by atoms with E-state index in [1.807, 2.05) is 19.3 Å². The van der Waals surface area contributed by atoms with E-state index in [9.17, 15) is 5.11 Å². The average Bonchev–Trinajstić information content (AvgIpc) is 2.62. The summed E-state index contributed by atoms with van der Waals surface area (Å²) in [4.78, 5) is 11.2. The first-order valence-corrected chi connectivity index (χ1v) is 9.24. The summed E-state index contributed by atoms with van der Waals surface area (Å²) >= 11 is 0. The van der Waals surface area contributed by atoms with Gasteiger partial charge in [-0.3, -0.25) is 4.90 Å². The van der Waals surface area contributed by atoms with Crippen molar-refractivity contribution in [2.75, 3.05) is 31.6 Å². The molecule has 6 heteroatoms. The number of nitrogens with one attached hydrogen (secondary N) is 1. The van der Waals surface area contributed by atoms with Crippen LogP contribution in [-0.2, 0) is 11.3 Å². The summed E-state index contributed by atoms with van der Waals surface area (Å²) in [6.07, 6.45) is 7.76. The molecule has 0 bridgehead atoms. The highest BCUT2D eigenvalue weighted by molar-refractivity contribution is 5.24. The fourth-order valence-corrected chi connectivity index (χ4v) is 3.97. The largest absolute Gasteiger partial charge is 0.392 e. The first-order chi connectivity index (χ1) is 11.7. The highest BCUT2D eigenvalue weighted by Crippen LogP contribution is 2.51. The first-order valence-electron chi connectivity index (χ1n) is 9.24. The zero-order valence-corrected chi connectivity index (χ0v) is 14.9. The number of nitrogens with zero attached hydrogens (tertiary/aromatic N) is 3. The van der Waals surface area contributed by atoms with Gasteiger partial charge in [0.2, 0.25) is 5.95 Å². The maximum Gasteiger partial charge on any atom is 0.222 e. The summed E-state index contributed by atoms with van der Waals surface area (Å²) in [5, 5.41) is 13.5. The molecule has 24 heavy (non-hydrogen) atoms. The summed E-state index contributed by atoms with van der Waals surface area (Å²) in [6.45, 7) is 8.66. The molecule has 134 valence electrons. The van der Waals surface area contributed by atoms with E-state index in [4.69, 9.17) is 4.74 Å². The van der Waals surface area contributed by atoms with Crippen molar-refractivity contribution < 1.29 is 9.84 Å². The highest BCUT2D eigenvalue weighted by atomic mass is 16.5. The maximum absolute atomic E-state index is 10.3. The number of piperidine rings is 1. The minimum absolute atomic E-state index is 0.00304. The van der Waals surface area contributed by atoms with Crippen LogP contribution in [0.4, 0.5) is 5.95 Å². The van der Waals surface area contributed by atoms with Gasteiger partial charge >= 0.3 is 0 Å². The van der Waals surface area contributed by atoms with E-state index in [-0.39, 0.29) is 17.6 Å². The predicted octanol–water partition coefficient (Wildman–Crippen LogP) is 2.05. The number of aliphatic hydroxyl groups excluding tert-OH is 1. The van der Waals surface area contributed by atoms with Gasteiger partial charge < -0.3 is 15.2 Å². The van der Waals surface area contributed by atoms with Crippen LogP contribution in [0.15, 0.2) is 12.4 Å². The number of aliphatic hydroxyl groups is 1. The molecule has 1 aliphatic heterocycles. The molecule has 0 amide bonds. The van der Waals surface area contributed by atoms with Gasteiger partial charge in [-0.25, -0.2) is 9.97 Å². The average molecular weight is 334 g/mol. The number of ether oxygens (including phenoxy) is 1. The molecule has 2 atom stereocenters. The van der Waals surface area contributed by atoms with Crippen LogP contribution in [0.2, 0.25) is 0 Å². The number of likely N-dealkylation sites (tertiary alicyclic amines) is 1. The number of anilines is 1. The molecule has 2 aliphatic rings. The maximum atomic E-state index is 10.3. The van der Waals surface area contributed by atoms with E-state index in [0.717, 1.165) is 64.0 Å². The van der Waals surface area contributed by atoms with Crippen molar-refractivity contribution in [1.82, 2.24) is 14.9 Å². The molecule has 2 heterocycles. The molecule has 1 saturated carbocycles. The van der Waals surface area contributed by atoms with Gasteiger partial charge in [-0.15, -0.1) is 0 Å². The summed E-state index contributed by atoms with van der Waals surface area (Å²) in [6, 6.07) is 0. The van der Waals surface area contributed by atoms with Crippen molar-refractivity contribution in [2.24, 2.45) is 5.41 Å². The van der Waals surface area contributed by atoms with E-state index in [2.05, 4.69) is 27.1 Å². The third kappa shape index (κ3) is 3.55. The molecule has 0 unspecified atom stereocenters. The number of hydrogen-bond donors (Lipinski definition) is 2. The van der Waals surface area contributed by atoms with E-state index >= 15 is 0 Å². The minimum atomic E-state index is -0.191. The smallest absolute Gasteiger partial charge is 0.222 e. The Morgan fingerprint density at radius 2 is 2.00 bits per heavy atom. The summed E-state index contributed by atoms with van der Waals surface area (Å²) in [7, 11) is 0. The molecule has 2 fully saturated rings. The van der Waals surface area contributed by atoms with Gasteiger partial charge in [0.1, 0.15) is 0 Å². The van der Waals surface area contributed by atoms with Crippen molar-refractivity contribution in [3.8, 4) is 0 Å². The molecule has 1 spiro atoms. The lowest BCUT2D eigenvalue weighted by atomic mass is 9.58. The van der Waals surface area contributed by atoms with Crippen LogP contribution in [0.1, 0.15) is 45.1 Å². The van der Waals surface area contributed by atoms with Crippen LogP contribution >= 0.6 is 0 Å². The van der Waals surface area contributed by atoms with Crippen molar-refractivity contribution >= 4 is 5.95 Å². The zero-order valence-electron chi connectivity index (χ0n) is 14.9. The second-order valence-corrected chi connectivity index (χ2v) is 7.05. The topological polar surface area (TPSA) is 70.5 Å². The van der Waals surface area contributed by atoms with E-state index in [1.54, 1.807) is 0 Å². The normalized spacial score (nSPS) is 26.3. The summed E-state index contributed by atoms with van der Waals surface area (Å²) < 4.78 is 5.83. The van der Waals surface area contributed by atoms with Gasteiger partial charge in [-0.05, 0) is 39.3 Å². The van der Waals surface area contributed by atoms with E-state index in [1.165, 1.54) is 0 Å². The quantitative estimate of drug-likeness (QED) is 0.795. The zero-order chi connectivity index (χ0) is 17.0. The third-order valence-corrected chi connectivity index (χ3v) is 5.54. The van der Waals surface area contributed by atoms with Gasteiger partial charge in [0.15, 0.2) is 0 Å². The van der Waals surface area contributed by atoms with Crippen molar-refractivity contribution in [2.45, 2.75) is 58.3 Å². The Bertz CT molecular complexity index is 512. The summed E-state index contributed by atoms with van der Waals surface area (Å²) in [5.41, 5.74) is 1.14. The van der Waals surface area contributed by atoms with Crippen LogP contribution in [0.25, 0.3) is 0 Å². The van der Waals surface area contributed by atoms with Crippen molar-refractivity contribution in [1.29, 1.82) is 0 Å². The van der Waals surface area contributed by atoms with E-state index in [0.29, 0.717) is 5.95 Å². The SMILES string of the molecule is CCCNc1ncc(CN2CCC3(CC2)[C@@H](O)C[C@H]3OCC)cn1. The van der Waals surface area contributed by atoms with Crippen LogP contribution in [0.5, 0.6) is 0 Å². The second kappa shape index (κ2) is 7.76. The molecule has 1 aromatic heterocycles. The van der Waals surface area contributed by atoms with Crippen LogP contribution in [0, 0.1) is 5.41 Å². The van der Waals surface area contributed by atoms with Gasteiger partial charge in [-0.1, -0.05) is 6.92 Å². The molecule has 3 rings (SSSR count).